The Labute approximate surface area is 173 Å². The monoisotopic (exact) mass is 399 g/mol. The molecule has 3 atom stereocenters. The highest BCUT2D eigenvalue weighted by atomic mass is 35.5. The molecule has 2 N–H and O–H groups in total. The van der Waals surface area contributed by atoms with E-state index in [2.05, 4.69) is 30.0 Å². The van der Waals surface area contributed by atoms with Crippen molar-refractivity contribution in [1.29, 1.82) is 0 Å². The van der Waals surface area contributed by atoms with Crippen molar-refractivity contribution < 1.29 is 10.2 Å². The van der Waals surface area contributed by atoms with Crippen molar-refractivity contribution in [3.8, 4) is 5.75 Å². The van der Waals surface area contributed by atoms with Crippen LogP contribution in [0.15, 0.2) is 42.5 Å². The van der Waals surface area contributed by atoms with Gasteiger partial charge in [-0.2, -0.15) is 0 Å². The van der Waals surface area contributed by atoms with Crippen molar-refractivity contribution in [2.24, 2.45) is 5.92 Å². The van der Waals surface area contributed by atoms with E-state index in [9.17, 15) is 10.2 Å². The molecule has 1 saturated heterocycles. The molecule has 2 aromatic carbocycles. The third-order valence-corrected chi connectivity index (χ3v) is 7.05. The van der Waals surface area contributed by atoms with E-state index in [0.717, 1.165) is 55.8 Å². The van der Waals surface area contributed by atoms with Crippen LogP contribution in [0.3, 0.4) is 0 Å². The fourth-order valence-corrected chi connectivity index (χ4v) is 5.39. The normalized spacial score (nSPS) is 28.1. The Kier molecular flexibility index (Phi) is 5.69. The summed E-state index contributed by atoms with van der Waals surface area (Å²) in [6.45, 7) is 3.79. The molecule has 2 aromatic rings. The average Bonchev–Trinajstić information content (AvgIpc) is 2.70. The minimum Gasteiger partial charge on any atom is -0.508 e. The van der Waals surface area contributed by atoms with Gasteiger partial charge in [-0.1, -0.05) is 55.6 Å². The van der Waals surface area contributed by atoms with Gasteiger partial charge in [0.05, 0.1) is 5.60 Å². The van der Waals surface area contributed by atoms with Crippen LogP contribution in [-0.4, -0.2) is 27.3 Å². The first-order chi connectivity index (χ1) is 13.5. The molecule has 1 heterocycles. The molecule has 0 radical (unpaired) electrons. The summed E-state index contributed by atoms with van der Waals surface area (Å²) in [6, 6.07) is 14.3. The standard InChI is InChI=1S/C24H30ClNO2/c1-2-18-15-19(8-11-22(18)27)23-21-5-3-4-12-24(21,28)13-14-26(23)16-17-6-9-20(25)10-7-17/h6-11,15,21,23,27-28H,2-5,12-14,16H2,1H3/t21-,23+,24+/m1/s1. The van der Waals surface area contributed by atoms with Gasteiger partial charge in [0.1, 0.15) is 5.75 Å². The molecule has 0 spiro atoms. The van der Waals surface area contributed by atoms with Crippen molar-refractivity contribution in [2.45, 2.75) is 63.6 Å². The van der Waals surface area contributed by atoms with Gasteiger partial charge in [-0.3, -0.25) is 4.90 Å². The Morgan fingerprint density at radius 3 is 2.64 bits per heavy atom. The lowest BCUT2D eigenvalue weighted by molar-refractivity contribution is -0.126. The van der Waals surface area contributed by atoms with Crippen LogP contribution in [0.2, 0.25) is 5.02 Å². The second-order valence-electron chi connectivity index (χ2n) is 8.49. The van der Waals surface area contributed by atoms with E-state index in [0.29, 0.717) is 5.75 Å². The number of piperidine rings is 1. The van der Waals surface area contributed by atoms with Crippen molar-refractivity contribution in [3.63, 3.8) is 0 Å². The molecular formula is C24H30ClNO2. The number of nitrogens with zero attached hydrogens (tertiary/aromatic N) is 1. The molecule has 1 aliphatic carbocycles. The maximum atomic E-state index is 11.4. The van der Waals surface area contributed by atoms with Gasteiger partial charge in [0.2, 0.25) is 0 Å². The molecule has 2 fully saturated rings. The number of phenols is 1. The fourth-order valence-electron chi connectivity index (χ4n) is 5.26. The van der Waals surface area contributed by atoms with Gasteiger partial charge < -0.3 is 10.2 Å². The molecule has 0 amide bonds. The van der Waals surface area contributed by atoms with Crippen LogP contribution in [0.4, 0.5) is 0 Å². The molecule has 0 bridgehead atoms. The van der Waals surface area contributed by atoms with Crippen LogP contribution < -0.4 is 0 Å². The second kappa shape index (κ2) is 8.06. The predicted octanol–water partition coefficient (Wildman–Crippen LogP) is 5.48. The number of fused-ring (bicyclic) bond motifs is 1. The third kappa shape index (κ3) is 3.80. The Hall–Kier alpha value is -1.55. The molecule has 1 saturated carbocycles. The lowest BCUT2D eigenvalue weighted by atomic mass is 9.66. The molecular weight excluding hydrogens is 370 g/mol. The molecule has 1 aliphatic heterocycles. The van der Waals surface area contributed by atoms with E-state index in [1.165, 1.54) is 17.5 Å². The number of phenolic OH excluding ortho intramolecular Hbond substituents is 1. The first kappa shape index (κ1) is 19.8. The Balaban J connectivity index is 1.70. The van der Waals surface area contributed by atoms with Crippen LogP contribution in [0, 0.1) is 5.92 Å². The number of rotatable bonds is 4. The summed E-state index contributed by atoms with van der Waals surface area (Å²) >= 11 is 6.07. The molecule has 2 aliphatic rings. The van der Waals surface area contributed by atoms with Gasteiger partial charge in [0, 0.05) is 30.1 Å². The average molecular weight is 400 g/mol. The predicted molar refractivity (Wildman–Crippen MR) is 114 cm³/mol. The number of aliphatic hydroxyl groups is 1. The highest BCUT2D eigenvalue weighted by Crippen LogP contribution is 2.50. The van der Waals surface area contributed by atoms with E-state index in [4.69, 9.17) is 11.6 Å². The minimum absolute atomic E-state index is 0.167. The number of aromatic hydroxyl groups is 1. The molecule has 3 nitrogen and oxygen atoms in total. The summed E-state index contributed by atoms with van der Waals surface area (Å²) in [7, 11) is 0. The Morgan fingerprint density at radius 2 is 1.89 bits per heavy atom. The summed E-state index contributed by atoms with van der Waals surface area (Å²) in [5.74, 6) is 0.599. The van der Waals surface area contributed by atoms with E-state index in [1.807, 2.05) is 24.3 Å². The van der Waals surface area contributed by atoms with Crippen molar-refractivity contribution in [3.05, 3.63) is 64.2 Å². The smallest absolute Gasteiger partial charge is 0.118 e. The highest BCUT2D eigenvalue weighted by Gasteiger charge is 2.48. The quantitative estimate of drug-likeness (QED) is 0.715. The van der Waals surface area contributed by atoms with Crippen LogP contribution >= 0.6 is 11.6 Å². The van der Waals surface area contributed by atoms with E-state index in [1.54, 1.807) is 0 Å². The van der Waals surface area contributed by atoms with Gasteiger partial charge in [-0.15, -0.1) is 0 Å². The molecule has 4 rings (SSSR count). The van der Waals surface area contributed by atoms with E-state index in [-0.39, 0.29) is 12.0 Å². The van der Waals surface area contributed by atoms with Gasteiger partial charge in [0.25, 0.3) is 0 Å². The molecule has 4 heteroatoms. The second-order valence-corrected chi connectivity index (χ2v) is 8.93. The zero-order valence-corrected chi connectivity index (χ0v) is 17.3. The number of halogens is 1. The first-order valence-corrected chi connectivity index (χ1v) is 10.9. The van der Waals surface area contributed by atoms with Crippen molar-refractivity contribution >= 4 is 11.6 Å². The first-order valence-electron chi connectivity index (χ1n) is 10.5. The topological polar surface area (TPSA) is 43.7 Å². The summed E-state index contributed by atoms with van der Waals surface area (Å²) in [4.78, 5) is 2.51. The number of benzene rings is 2. The van der Waals surface area contributed by atoms with Crippen LogP contribution in [0.5, 0.6) is 5.75 Å². The Morgan fingerprint density at radius 1 is 1.11 bits per heavy atom. The number of likely N-dealkylation sites (tertiary alicyclic amines) is 1. The number of hydrogen-bond acceptors (Lipinski definition) is 3. The lowest BCUT2D eigenvalue weighted by Crippen LogP contribution is -2.54. The minimum atomic E-state index is -0.566. The van der Waals surface area contributed by atoms with Crippen molar-refractivity contribution in [2.75, 3.05) is 6.54 Å². The largest absolute Gasteiger partial charge is 0.508 e. The van der Waals surface area contributed by atoms with E-state index < -0.39 is 5.60 Å². The maximum absolute atomic E-state index is 11.4. The van der Waals surface area contributed by atoms with Gasteiger partial charge in [-0.25, -0.2) is 0 Å². The van der Waals surface area contributed by atoms with E-state index >= 15 is 0 Å². The molecule has 0 unspecified atom stereocenters. The summed E-state index contributed by atoms with van der Waals surface area (Å²) < 4.78 is 0. The SMILES string of the molecule is CCc1cc([C@H]2[C@H]3CCCC[C@]3(O)CCN2Cc2ccc(Cl)cc2)ccc1O. The van der Waals surface area contributed by atoms with Gasteiger partial charge in [-0.05, 0) is 60.6 Å². The fraction of sp³-hybridized carbons (Fsp3) is 0.500. The summed E-state index contributed by atoms with van der Waals surface area (Å²) in [5.41, 5.74) is 2.87. The zero-order chi connectivity index (χ0) is 19.7. The van der Waals surface area contributed by atoms with Gasteiger partial charge in [0.15, 0.2) is 0 Å². The summed E-state index contributed by atoms with van der Waals surface area (Å²) in [6.07, 6.45) is 5.89. The number of hydrogen-bond donors (Lipinski definition) is 2. The third-order valence-electron chi connectivity index (χ3n) is 6.80. The Bertz CT molecular complexity index is 822. The molecule has 0 aromatic heterocycles. The number of aryl methyl sites for hydroxylation is 1. The van der Waals surface area contributed by atoms with Crippen LogP contribution in [-0.2, 0) is 13.0 Å². The maximum Gasteiger partial charge on any atom is 0.118 e. The highest BCUT2D eigenvalue weighted by molar-refractivity contribution is 6.30. The van der Waals surface area contributed by atoms with Gasteiger partial charge >= 0.3 is 0 Å². The molecule has 28 heavy (non-hydrogen) atoms. The zero-order valence-electron chi connectivity index (χ0n) is 16.6. The van der Waals surface area contributed by atoms with Crippen LogP contribution in [0.1, 0.15) is 61.8 Å². The summed E-state index contributed by atoms with van der Waals surface area (Å²) in [5, 5.41) is 22.4. The molecule has 150 valence electrons. The van der Waals surface area contributed by atoms with Crippen LogP contribution in [0.25, 0.3) is 0 Å². The lowest BCUT2D eigenvalue weighted by Gasteiger charge is -2.53. The van der Waals surface area contributed by atoms with Crippen molar-refractivity contribution in [1.82, 2.24) is 4.90 Å².